The van der Waals surface area contributed by atoms with Crippen molar-refractivity contribution in [3.05, 3.63) is 51.4 Å². The molecule has 0 bridgehead atoms. The van der Waals surface area contributed by atoms with E-state index in [1.54, 1.807) is 19.1 Å². The van der Waals surface area contributed by atoms with Crippen LogP contribution in [-0.2, 0) is 5.41 Å². The van der Waals surface area contributed by atoms with E-state index in [0.29, 0.717) is 43.2 Å². The summed E-state index contributed by atoms with van der Waals surface area (Å²) in [5, 5.41) is 14.9. The molecule has 2 aromatic rings. The van der Waals surface area contributed by atoms with Gasteiger partial charge in [-0.3, -0.25) is 14.9 Å². The number of carbonyl (C=O) groups excluding carboxylic acids is 1. The summed E-state index contributed by atoms with van der Waals surface area (Å²) in [4.78, 5) is 27.4. The van der Waals surface area contributed by atoms with Gasteiger partial charge in [0, 0.05) is 49.4 Å². The van der Waals surface area contributed by atoms with Crippen molar-refractivity contribution >= 4 is 17.3 Å². The van der Waals surface area contributed by atoms with Crippen LogP contribution in [-0.4, -0.2) is 47.1 Å². The number of nitrogens with zero attached hydrogens (tertiary/aromatic N) is 4. The molecule has 1 aromatic heterocycles. The molecular formula is C19H24N4O4. The van der Waals surface area contributed by atoms with E-state index >= 15 is 0 Å². The predicted molar refractivity (Wildman–Crippen MR) is 101 cm³/mol. The number of benzene rings is 1. The largest absolute Gasteiger partial charge is 0.368 e. The van der Waals surface area contributed by atoms with Gasteiger partial charge in [0.2, 0.25) is 0 Å². The monoisotopic (exact) mass is 372 g/mol. The van der Waals surface area contributed by atoms with E-state index in [1.807, 2.05) is 25.7 Å². The molecular weight excluding hydrogens is 348 g/mol. The maximum atomic E-state index is 13.0. The number of hydrogen-bond donors (Lipinski definition) is 0. The van der Waals surface area contributed by atoms with Crippen LogP contribution in [0.5, 0.6) is 0 Å². The molecule has 0 saturated carbocycles. The number of rotatable bonds is 3. The number of aryl methyl sites for hydroxylation is 1. The van der Waals surface area contributed by atoms with Crippen LogP contribution in [0.1, 0.15) is 42.6 Å². The van der Waals surface area contributed by atoms with Crippen molar-refractivity contribution < 1.29 is 14.2 Å². The SMILES string of the molecule is Cc1onc(C(C)(C)C)c1C(=O)N1CCN(c2ccc([N+](=O)[O-])cc2)CC1. The van der Waals surface area contributed by atoms with Crippen molar-refractivity contribution in [2.75, 3.05) is 31.1 Å². The molecule has 1 fully saturated rings. The number of nitro groups is 1. The van der Waals surface area contributed by atoms with E-state index in [9.17, 15) is 14.9 Å². The molecule has 1 amide bonds. The Labute approximate surface area is 157 Å². The highest BCUT2D eigenvalue weighted by Crippen LogP contribution is 2.28. The van der Waals surface area contributed by atoms with Gasteiger partial charge in [-0.25, -0.2) is 0 Å². The summed E-state index contributed by atoms with van der Waals surface area (Å²) in [6.45, 7) is 10.3. The lowest BCUT2D eigenvalue weighted by Gasteiger charge is -2.36. The predicted octanol–water partition coefficient (Wildman–Crippen LogP) is 3.15. The number of piperazine rings is 1. The first kappa shape index (κ1) is 18.9. The van der Waals surface area contributed by atoms with E-state index in [2.05, 4.69) is 10.1 Å². The van der Waals surface area contributed by atoms with Crippen LogP contribution in [0.4, 0.5) is 11.4 Å². The maximum Gasteiger partial charge on any atom is 0.269 e. The topological polar surface area (TPSA) is 92.7 Å². The molecule has 8 nitrogen and oxygen atoms in total. The highest BCUT2D eigenvalue weighted by atomic mass is 16.6. The normalized spacial score (nSPS) is 15.1. The Bertz CT molecular complexity index is 844. The van der Waals surface area contributed by atoms with Crippen molar-refractivity contribution in [3.8, 4) is 0 Å². The van der Waals surface area contributed by atoms with Crippen LogP contribution in [0.2, 0.25) is 0 Å². The van der Waals surface area contributed by atoms with Crippen LogP contribution < -0.4 is 4.90 Å². The smallest absolute Gasteiger partial charge is 0.269 e. The number of hydrogen-bond acceptors (Lipinski definition) is 6. The van der Waals surface area contributed by atoms with Gasteiger partial charge in [-0.2, -0.15) is 0 Å². The summed E-state index contributed by atoms with van der Waals surface area (Å²) in [5.74, 6) is 0.491. The van der Waals surface area contributed by atoms with Gasteiger partial charge in [0.25, 0.3) is 11.6 Å². The van der Waals surface area contributed by atoms with Crippen LogP contribution in [0.15, 0.2) is 28.8 Å². The highest BCUT2D eigenvalue weighted by molar-refractivity contribution is 5.96. The van der Waals surface area contributed by atoms with Gasteiger partial charge in [0.15, 0.2) is 0 Å². The molecule has 144 valence electrons. The molecule has 27 heavy (non-hydrogen) atoms. The molecule has 3 rings (SSSR count). The molecule has 0 spiro atoms. The Kier molecular flexibility index (Phi) is 4.91. The number of non-ortho nitro benzene ring substituents is 1. The molecule has 1 aromatic carbocycles. The first-order valence-electron chi connectivity index (χ1n) is 8.94. The average Bonchev–Trinajstić information content (AvgIpc) is 3.03. The Morgan fingerprint density at radius 2 is 1.74 bits per heavy atom. The van der Waals surface area contributed by atoms with E-state index in [4.69, 9.17) is 4.52 Å². The van der Waals surface area contributed by atoms with Crippen LogP contribution >= 0.6 is 0 Å². The van der Waals surface area contributed by atoms with Crippen molar-refractivity contribution in [2.45, 2.75) is 33.1 Å². The van der Waals surface area contributed by atoms with Gasteiger partial charge in [0.05, 0.1) is 4.92 Å². The lowest BCUT2D eigenvalue weighted by atomic mass is 9.88. The Morgan fingerprint density at radius 1 is 1.15 bits per heavy atom. The number of amides is 1. The number of anilines is 1. The molecule has 1 saturated heterocycles. The third-order valence-electron chi connectivity index (χ3n) is 4.78. The quantitative estimate of drug-likeness (QED) is 0.607. The van der Waals surface area contributed by atoms with Gasteiger partial charge >= 0.3 is 0 Å². The van der Waals surface area contributed by atoms with Crippen LogP contribution in [0, 0.1) is 17.0 Å². The van der Waals surface area contributed by atoms with Gasteiger partial charge in [-0.15, -0.1) is 0 Å². The second-order valence-electron chi connectivity index (χ2n) is 7.77. The minimum Gasteiger partial charge on any atom is -0.368 e. The fourth-order valence-electron chi connectivity index (χ4n) is 3.25. The molecule has 0 radical (unpaired) electrons. The average molecular weight is 372 g/mol. The van der Waals surface area contributed by atoms with Crippen molar-refractivity contribution in [2.24, 2.45) is 0 Å². The molecule has 0 aliphatic carbocycles. The fourth-order valence-corrected chi connectivity index (χ4v) is 3.25. The first-order valence-corrected chi connectivity index (χ1v) is 8.94. The van der Waals surface area contributed by atoms with Crippen molar-refractivity contribution in [3.63, 3.8) is 0 Å². The number of aromatic nitrogens is 1. The second-order valence-corrected chi connectivity index (χ2v) is 7.77. The van der Waals surface area contributed by atoms with Crippen molar-refractivity contribution in [1.29, 1.82) is 0 Å². The molecule has 2 heterocycles. The second kappa shape index (κ2) is 7.02. The molecule has 1 aliphatic rings. The standard InChI is InChI=1S/C19H24N4O4/c1-13-16(17(20-27-13)19(2,3)4)18(24)22-11-9-21(10-12-22)14-5-7-15(8-6-14)23(25)26/h5-8H,9-12H2,1-4H3. The molecule has 1 aliphatic heterocycles. The zero-order valence-corrected chi connectivity index (χ0v) is 16.1. The Hall–Kier alpha value is -2.90. The Morgan fingerprint density at radius 3 is 2.26 bits per heavy atom. The maximum absolute atomic E-state index is 13.0. The van der Waals surface area contributed by atoms with Gasteiger partial charge < -0.3 is 14.3 Å². The Balaban J connectivity index is 1.70. The van der Waals surface area contributed by atoms with E-state index < -0.39 is 4.92 Å². The van der Waals surface area contributed by atoms with Gasteiger partial charge in [-0.1, -0.05) is 25.9 Å². The molecule has 0 atom stereocenters. The molecule has 0 unspecified atom stereocenters. The van der Waals surface area contributed by atoms with E-state index in [-0.39, 0.29) is 17.0 Å². The third-order valence-corrected chi connectivity index (χ3v) is 4.78. The minimum atomic E-state index is -0.408. The summed E-state index contributed by atoms with van der Waals surface area (Å²) in [6.07, 6.45) is 0. The minimum absolute atomic E-state index is 0.0537. The fraction of sp³-hybridized carbons (Fsp3) is 0.474. The van der Waals surface area contributed by atoms with Gasteiger partial charge in [-0.05, 0) is 19.1 Å². The summed E-state index contributed by atoms with van der Waals surface area (Å²) < 4.78 is 5.29. The zero-order valence-electron chi connectivity index (χ0n) is 16.1. The summed E-state index contributed by atoms with van der Waals surface area (Å²) in [7, 11) is 0. The van der Waals surface area contributed by atoms with Crippen LogP contribution in [0.25, 0.3) is 0 Å². The lowest BCUT2D eigenvalue weighted by molar-refractivity contribution is -0.384. The third kappa shape index (κ3) is 3.79. The first-order chi connectivity index (χ1) is 12.7. The molecule has 0 N–H and O–H groups in total. The number of nitro benzene ring substituents is 1. The van der Waals surface area contributed by atoms with E-state index in [0.717, 1.165) is 5.69 Å². The summed E-state index contributed by atoms with van der Waals surface area (Å²) >= 11 is 0. The van der Waals surface area contributed by atoms with Crippen LogP contribution in [0.3, 0.4) is 0 Å². The van der Waals surface area contributed by atoms with Gasteiger partial charge in [0.1, 0.15) is 17.0 Å². The highest BCUT2D eigenvalue weighted by Gasteiger charge is 2.32. The van der Waals surface area contributed by atoms with E-state index in [1.165, 1.54) is 12.1 Å². The molecule has 8 heteroatoms. The lowest BCUT2D eigenvalue weighted by Crippen LogP contribution is -2.49. The number of carbonyl (C=O) groups is 1. The van der Waals surface area contributed by atoms with Crippen molar-refractivity contribution in [1.82, 2.24) is 10.1 Å². The zero-order chi connectivity index (χ0) is 19.8. The summed E-state index contributed by atoms with van der Waals surface area (Å²) in [5.41, 5.74) is 1.96. The summed E-state index contributed by atoms with van der Waals surface area (Å²) in [6, 6.07) is 6.50.